The average Bonchev–Trinajstić information content (AvgIpc) is 2.78. The minimum Gasteiger partial charge on any atom is -0.479 e. The van der Waals surface area contributed by atoms with Crippen LogP contribution in [-0.4, -0.2) is 36.0 Å². The molecule has 156 valence electrons. The third-order valence-electron chi connectivity index (χ3n) is 5.52. The molecule has 0 spiro atoms. The zero-order valence-corrected chi connectivity index (χ0v) is 17.4. The van der Waals surface area contributed by atoms with Gasteiger partial charge in [0, 0.05) is 38.8 Å². The third kappa shape index (κ3) is 5.38. The summed E-state index contributed by atoms with van der Waals surface area (Å²) < 4.78 is 11.5. The predicted molar refractivity (Wildman–Crippen MR) is 117 cm³/mol. The van der Waals surface area contributed by atoms with E-state index in [2.05, 4.69) is 34.1 Å². The molecule has 1 saturated heterocycles. The van der Waals surface area contributed by atoms with Gasteiger partial charge >= 0.3 is 0 Å². The summed E-state index contributed by atoms with van der Waals surface area (Å²) >= 11 is 0. The predicted octanol–water partition coefficient (Wildman–Crippen LogP) is 4.10. The van der Waals surface area contributed by atoms with Crippen LogP contribution in [0.1, 0.15) is 29.9 Å². The summed E-state index contributed by atoms with van der Waals surface area (Å²) in [4.78, 5) is 17.3. The molecule has 0 unspecified atom stereocenters. The molecule has 0 bridgehead atoms. The summed E-state index contributed by atoms with van der Waals surface area (Å²) in [5.41, 5.74) is 2.23. The Balaban J connectivity index is 1.29. The molecule has 5 heteroatoms. The van der Waals surface area contributed by atoms with Crippen molar-refractivity contribution < 1.29 is 9.15 Å². The Kier molecular flexibility index (Phi) is 6.62. The van der Waals surface area contributed by atoms with Crippen LogP contribution in [0.3, 0.4) is 0 Å². The molecular weight excluding hydrogens is 376 g/mol. The fourth-order valence-electron chi connectivity index (χ4n) is 3.76. The Morgan fingerprint density at radius 3 is 2.13 bits per heavy atom. The summed E-state index contributed by atoms with van der Waals surface area (Å²) in [7, 11) is 0. The van der Waals surface area contributed by atoms with Gasteiger partial charge in [-0.3, -0.25) is 14.6 Å². The van der Waals surface area contributed by atoms with E-state index in [1.165, 1.54) is 11.8 Å². The van der Waals surface area contributed by atoms with Crippen molar-refractivity contribution in [1.29, 1.82) is 0 Å². The normalized spacial score (nSPS) is 16.3. The van der Waals surface area contributed by atoms with Gasteiger partial charge in [-0.05, 0) is 18.1 Å². The molecule has 3 aromatic rings. The number of ether oxygens (including phenoxy) is 1. The molecule has 2 heterocycles. The van der Waals surface area contributed by atoms with E-state index in [0.717, 1.165) is 38.3 Å². The second-order valence-electron chi connectivity index (χ2n) is 7.78. The van der Waals surface area contributed by atoms with Gasteiger partial charge in [-0.2, -0.15) is 0 Å². The van der Waals surface area contributed by atoms with Gasteiger partial charge in [-0.1, -0.05) is 60.7 Å². The van der Waals surface area contributed by atoms with Gasteiger partial charge in [0.2, 0.25) is 11.2 Å². The van der Waals surface area contributed by atoms with E-state index in [1.54, 1.807) is 6.07 Å². The van der Waals surface area contributed by atoms with Gasteiger partial charge in [-0.15, -0.1) is 0 Å². The van der Waals surface area contributed by atoms with Crippen LogP contribution in [0.2, 0.25) is 0 Å². The Morgan fingerprint density at radius 2 is 1.50 bits per heavy atom. The quantitative estimate of drug-likeness (QED) is 0.593. The molecule has 0 radical (unpaired) electrons. The van der Waals surface area contributed by atoms with E-state index >= 15 is 0 Å². The monoisotopic (exact) mass is 404 g/mol. The van der Waals surface area contributed by atoms with Crippen molar-refractivity contribution in [2.75, 3.05) is 26.2 Å². The summed E-state index contributed by atoms with van der Waals surface area (Å²) in [6.45, 7) is 7.49. The first-order chi connectivity index (χ1) is 14.7. The standard InChI is InChI=1S/C25H28N2O3/c1-20(22-10-6-3-7-11-22)30-25-19-29-23(16-24(25)28)18-27-14-12-26(13-15-27)17-21-8-4-2-5-9-21/h2-11,16,19-20H,12-15,17-18H2,1H3/t20-/m1/s1. The fraction of sp³-hybridized carbons (Fsp3) is 0.320. The van der Waals surface area contributed by atoms with Gasteiger partial charge in [-0.25, -0.2) is 0 Å². The van der Waals surface area contributed by atoms with Crippen LogP contribution in [0.4, 0.5) is 0 Å². The number of hydrogen-bond donors (Lipinski definition) is 0. The number of rotatable bonds is 7. The molecule has 5 nitrogen and oxygen atoms in total. The van der Waals surface area contributed by atoms with Crippen LogP contribution in [0, 0.1) is 0 Å². The molecule has 0 aliphatic carbocycles. The maximum absolute atomic E-state index is 12.5. The fourth-order valence-corrected chi connectivity index (χ4v) is 3.76. The lowest BCUT2D eigenvalue weighted by Crippen LogP contribution is -2.45. The van der Waals surface area contributed by atoms with E-state index in [9.17, 15) is 4.79 Å². The van der Waals surface area contributed by atoms with Crippen LogP contribution in [0.15, 0.2) is 82.2 Å². The van der Waals surface area contributed by atoms with Crippen molar-refractivity contribution in [2.45, 2.75) is 26.1 Å². The zero-order valence-electron chi connectivity index (χ0n) is 17.4. The first-order valence-corrected chi connectivity index (χ1v) is 10.5. The van der Waals surface area contributed by atoms with Gasteiger partial charge in [0.05, 0.1) is 6.54 Å². The lowest BCUT2D eigenvalue weighted by atomic mass is 10.1. The highest BCUT2D eigenvalue weighted by atomic mass is 16.5. The third-order valence-corrected chi connectivity index (χ3v) is 5.52. The van der Waals surface area contributed by atoms with Crippen molar-refractivity contribution in [3.05, 3.63) is 100 Å². The Morgan fingerprint density at radius 1 is 0.900 bits per heavy atom. The molecule has 4 rings (SSSR count). The van der Waals surface area contributed by atoms with Crippen LogP contribution in [0.25, 0.3) is 0 Å². The smallest absolute Gasteiger partial charge is 0.227 e. The maximum atomic E-state index is 12.5. The first kappa shape index (κ1) is 20.4. The highest BCUT2D eigenvalue weighted by Gasteiger charge is 2.18. The zero-order chi connectivity index (χ0) is 20.8. The Hall–Kier alpha value is -2.89. The summed E-state index contributed by atoms with van der Waals surface area (Å²) in [6.07, 6.45) is 1.24. The molecular formula is C25H28N2O3. The topological polar surface area (TPSA) is 45.9 Å². The minimum absolute atomic E-state index is 0.137. The molecule has 1 aliphatic rings. The highest BCUT2D eigenvalue weighted by Crippen LogP contribution is 2.19. The van der Waals surface area contributed by atoms with Gasteiger partial charge < -0.3 is 9.15 Å². The van der Waals surface area contributed by atoms with E-state index < -0.39 is 0 Å². The van der Waals surface area contributed by atoms with Crippen LogP contribution in [-0.2, 0) is 13.1 Å². The molecule has 30 heavy (non-hydrogen) atoms. The highest BCUT2D eigenvalue weighted by molar-refractivity contribution is 5.22. The largest absolute Gasteiger partial charge is 0.479 e. The Labute approximate surface area is 177 Å². The molecule has 1 fully saturated rings. The van der Waals surface area contributed by atoms with Gasteiger partial charge in [0.25, 0.3) is 0 Å². The summed E-state index contributed by atoms with van der Waals surface area (Å²) in [6, 6.07) is 22.0. The SMILES string of the molecule is C[C@@H](Oc1coc(CN2CCN(Cc3ccccc3)CC2)cc1=O)c1ccccc1. The number of piperazine rings is 1. The van der Waals surface area contributed by atoms with E-state index in [1.807, 2.05) is 43.3 Å². The second kappa shape index (κ2) is 9.74. The van der Waals surface area contributed by atoms with Crippen molar-refractivity contribution in [2.24, 2.45) is 0 Å². The van der Waals surface area contributed by atoms with Crippen molar-refractivity contribution in [1.82, 2.24) is 9.80 Å². The number of hydrogen-bond acceptors (Lipinski definition) is 5. The van der Waals surface area contributed by atoms with Crippen molar-refractivity contribution in [3.63, 3.8) is 0 Å². The van der Waals surface area contributed by atoms with Crippen LogP contribution >= 0.6 is 0 Å². The van der Waals surface area contributed by atoms with Crippen molar-refractivity contribution >= 4 is 0 Å². The van der Waals surface area contributed by atoms with Crippen LogP contribution in [0.5, 0.6) is 5.75 Å². The van der Waals surface area contributed by atoms with Crippen LogP contribution < -0.4 is 10.2 Å². The van der Waals surface area contributed by atoms with E-state index in [4.69, 9.17) is 9.15 Å². The molecule has 0 amide bonds. The van der Waals surface area contributed by atoms with Gasteiger partial charge in [0.15, 0.2) is 0 Å². The lowest BCUT2D eigenvalue weighted by Gasteiger charge is -2.34. The lowest BCUT2D eigenvalue weighted by molar-refractivity contribution is 0.115. The molecule has 1 aliphatic heterocycles. The van der Waals surface area contributed by atoms with Crippen molar-refractivity contribution in [3.8, 4) is 5.75 Å². The molecule has 1 aromatic heterocycles. The molecule has 0 saturated carbocycles. The maximum Gasteiger partial charge on any atom is 0.227 e. The summed E-state index contributed by atoms with van der Waals surface area (Å²) in [5.74, 6) is 0.930. The Bertz CT molecular complexity index is 980. The minimum atomic E-state index is -0.211. The van der Waals surface area contributed by atoms with Gasteiger partial charge in [0.1, 0.15) is 18.1 Å². The summed E-state index contributed by atoms with van der Waals surface area (Å²) in [5, 5.41) is 0. The molecule has 0 N–H and O–H groups in total. The molecule has 1 atom stereocenters. The second-order valence-corrected chi connectivity index (χ2v) is 7.78. The van der Waals surface area contributed by atoms with E-state index in [0.29, 0.717) is 12.3 Å². The average molecular weight is 405 g/mol. The first-order valence-electron chi connectivity index (χ1n) is 10.5. The number of benzene rings is 2. The number of nitrogens with zero attached hydrogens (tertiary/aromatic N) is 2. The van der Waals surface area contributed by atoms with E-state index in [-0.39, 0.29) is 17.3 Å². The molecule has 2 aromatic carbocycles.